The van der Waals surface area contributed by atoms with Gasteiger partial charge in [-0.15, -0.1) is 0 Å². The van der Waals surface area contributed by atoms with Crippen molar-refractivity contribution < 1.29 is 4.43 Å². The third kappa shape index (κ3) is 11.6. The molecule has 0 aliphatic heterocycles. The topological polar surface area (TPSA) is 9.23 Å². The van der Waals surface area contributed by atoms with Gasteiger partial charge in [0.05, 0.1) is 5.60 Å². The van der Waals surface area contributed by atoms with E-state index in [4.69, 9.17) is 4.43 Å². The van der Waals surface area contributed by atoms with Gasteiger partial charge in [-0.25, -0.2) is 0 Å². The van der Waals surface area contributed by atoms with Crippen molar-refractivity contribution in [2.45, 2.75) is 111 Å². The molecule has 0 aromatic heterocycles. The van der Waals surface area contributed by atoms with Crippen LogP contribution < -0.4 is 0 Å². The van der Waals surface area contributed by atoms with Gasteiger partial charge in [0.1, 0.15) is 0 Å². The summed E-state index contributed by atoms with van der Waals surface area (Å²) in [6, 6.07) is 1.42. The van der Waals surface area contributed by atoms with Crippen LogP contribution >= 0.6 is 0 Å². The summed E-state index contributed by atoms with van der Waals surface area (Å²) in [5, 5.41) is 0. The van der Waals surface area contributed by atoms with Crippen LogP contribution in [0.5, 0.6) is 0 Å². The third-order valence-electron chi connectivity index (χ3n) is 3.78. The quantitative estimate of drug-likeness (QED) is 0.311. The number of hydrogen-bond donors (Lipinski definition) is 0. The maximum Gasteiger partial charge on any atom is 0.184 e. The highest BCUT2D eigenvalue weighted by Gasteiger charge is 2.38. The molecule has 0 rings (SSSR count). The Kier molecular flexibility index (Phi) is 7.93. The molecule has 0 radical (unpaired) electrons. The van der Waals surface area contributed by atoms with Gasteiger partial charge in [0.15, 0.2) is 8.32 Å². The lowest BCUT2D eigenvalue weighted by Gasteiger charge is -2.43. The van der Waals surface area contributed by atoms with E-state index in [9.17, 15) is 0 Å². The summed E-state index contributed by atoms with van der Waals surface area (Å²) in [5.74, 6) is 0. The van der Waals surface area contributed by atoms with Gasteiger partial charge in [0.2, 0.25) is 0 Å². The van der Waals surface area contributed by atoms with Crippen LogP contribution in [-0.4, -0.2) is 22.0 Å². The zero-order valence-electron chi connectivity index (χ0n) is 16.7. The summed E-state index contributed by atoms with van der Waals surface area (Å²) in [5.41, 5.74) is 0.466. The van der Waals surface area contributed by atoms with Gasteiger partial charge in [0, 0.05) is 8.07 Å². The molecule has 0 fully saturated rings. The zero-order valence-corrected chi connectivity index (χ0v) is 18.7. The minimum absolute atomic E-state index is 0.0189. The van der Waals surface area contributed by atoms with E-state index in [1.54, 1.807) is 0 Å². The summed E-state index contributed by atoms with van der Waals surface area (Å²) in [7, 11) is -2.53. The van der Waals surface area contributed by atoms with Crippen molar-refractivity contribution in [2.24, 2.45) is 5.41 Å². The van der Waals surface area contributed by atoms with Crippen LogP contribution in [-0.2, 0) is 4.43 Å². The smallest absolute Gasteiger partial charge is 0.184 e. The van der Waals surface area contributed by atoms with Crippen LogP contribution in [0.1, 0.15) is 59.8 Å². The van der Waals surface area contributed by atoms with Crippen molar-refractivity contribution in [3.63, 3.8) is 0 Å². The van der Waals surface area contributed by atoms with Gasteiger partial charge < -0.3 is 4.43 Å². The molecule has 0 spiro atoms. The van der Waals surface area contributed by atoms with Gasteiger partial charge in [-0.05, 0) is 51.7 Å². The molecule has 0 saturated heterocycles. The molecule has 21 heavy (non-hydrogen) atoms. The van der Waals surface area contributed by atoms with E-state index in [0.717, 1.165) is 0 Å². The Morgan fingerprint density at radius 1 is 0.857 bits per heavy atom. The largest absolute Gasteiger partial charge is 0.413 e. The second-order valence-electron chi connectivity index (χ2n) is 10.2. The lowest BCUT2D eigenvalue weighted by Crippen LogP contribution is -2.43. The molecule has 3 heteroatoms. The maximum absolute atomic E-state index is 6.50. The van der Waals surface area contributed by atoms with E-state index in [2.05, 4.69) is 67.0 Å². The first-order valence-electron chi connectivity index (χ1n) is 8.88. The lowest BCUT2D eigenvalue weighted by atomic mass is 9.77. The lowest BCUT2D eigenvalue weighted by molar-refractivity contribution is 0.0451. The average molecular weight is 331 g/mol. The van der Waals surface area contributed by atoms with Crippen molar-refractivity contribution in [1.29, 1.82) is 0 Å². The highest BCUT2D eigenvalue weighted by atomic mass is 28.4. The third-order valence-corrected chi connectivity index (χ3v) is 6.86. The molecule has 1 atom stereocenters. The fourth-order valence-corrected chi connectivity index (χ4v) is 8.81. The second kappa shape index (κ2) is 7.78. The highest BCUT2D eigenvalue weighted by Crippen LogP contribution is 2.42. The number of unbranched alkanes of at least 4 members (excludes halogenated alkanes) is 2. The second-order valence-corrected chi connectivity index (χ2v) is 20.1. The van der Waals surface area contributed by atoms with E-state index in [1.165, 1.54) is 38.1 Å². The Morgan fingerprint density at radius 2 is 1.38 bits per heavy atom. The molecule has 1 unspecified atom stereocenters. The van der Waals surface area contributed by atoms with E-state index in [0.29, 0.717) is 5.41 Å². The first-order chi connectivity index (χ1) is 9.18. The van der Waals surface area contributed by atoms with E-state index < -0.39 is 16.4 Å². The Labute approximate surface area is 137 Å². The molecule has 0 aliphatic rings. The maximum atomic E-state index is 6.50. The molecular formula is C18H42OSi2. The van der Waals surface area contributed by atoms with Crippen molar-refractivity contribution in [3.05, 3.63) is 0 Å². The van der Waals surface area contributed by atoms with E-state index in [-0.39, 0.29) is 5.60 Å². The monoisotopic (exact) mass is 330 g/mol. The Bertz CT molecular complexity index is 299. The van der Waals surface area contributed by atoms with Crippen LogP contribution in [0.15, 0.2) is 0 Å². The number of hydrogen-bond acceptors (Lipinski definition) is 1. The Morgan fingerprint density at radius 3 is 1.76 bits per heavy atom. The van der Waals surface area contributed by atoms with Crippen molar-refractivity contribution >= 4 is 16.4 Å². The van der Waals surface area contributed by atoms with E-state index in [1.807, 2.05) is 0 Å². The van der Waals surface area contributed by atoms with Gasteiger partial charge in [-0.3, -0.25) is 0 Å². The molecule has 0 N–H and O–H groups in total. The zero-order chi connectivity index (χ0) is 16.9. The van der Waals surface area contributed by atoms with Crippen molar-refractivity contribution in [3.8, 4) is 0 Å². The first kappa shape index (κ1) is 21.4. The predicted octanol–water partition coefficient (Wildman–Crippen LogP) is 6.93. The molecular weight excluding hydrogens is 288 g/mol. The standard InChI is InChI=1S/C18H42OSi2/c1-11-12-13-14-18(4,16-20(5,6)7)15-17(2,3)19-21(8,9)10/h11-16H2,1-10H3. The van der Waals surface area contributed by atoms with Crippen molar-refractivity contribution in [1.82, 2.24) is 0 Å². The summed E-state index contributed by atoms with van der Waals surface area (Å²) in [4.78, 5) is 0. The van der Waals surface area contributed by atoms with Crippen LogP contribution in [0.2, 0.25) is 45.3 Å². The summed E-state index contributed by atoms with van der Waals surface area (Å²) < 4.78 is 6.50. The molecule has 0 amide bonds. The van der Waals surface area contributed by atoms with E-state index >= 15 is 0 Å². The van der Waals surface area contributed by atoms with Crippen LogP contribution in [0.25, 0.3) is 0 Å². The highest BCUT2D eigenvalue weighted by molar-refractivity contribution is 6.76. The molecule has 0 heterocycles. The fourth-order valence-electron chi connectivity index (χ4n) is 4.21. The Balaban J connectivity index is 4.95. The van der Waals surface area contributed by atoms with Crippen LogP contribution in [0.4, 0.5) is 0 Å². The predicted molar refractivity (Wildman–Crippen MR) is 104 cm³/mol. The van der Waals surface area contributed by atoms with Crippen LogP contribution in [0.3, 0.4) is 0 Å². The average Bonchev–Trinajstić information content (AvgIpc) is 2.08. The normalized spacial score (nSPS) is 16.9. The summed E-state index contributed by atoms with van der Waals surface area (Å²) in [6.07, 6.45) is 6.64. The number of rotatable bonds is 10. The van der Waals surface area contributed by atoms with Gasteiger partial charge >= 0.3 is 0 Å². The molecule has 1 nitrogen and oxygen atoms in total. The van der Waals surface area contributed by atoms with Gasteiger partial charge in [-0.1, -0.05) is 58.8 Å². The molecule has 0 saturated carbocycles. The van der Waals surface area contributed by atoms with Gasteiger partial charge in [-0.2, -0.15) is 0 Å². The Hall–Kier alpha value is 0.394. The van der Waals surface area contributed by atoms with Crippen LogP contribution in [0, 0.1) is 5.41 Å². The SMILES string of the molecule is CCCCCC(C)(CC(C)(C)O[Si](C)(C)C)C[Si](C)(C)C. The molecule has 0 aromatic carbocycles. The minimum Gasteiger partial charge on any atom is -0.413 e. The molecule has 128 valence electrons. The fraction of sp³-hybridized carbons (Fsp3) is 1.00. The summed E-state index contributed by atoms with van der Waals surface area (Å²) in [6.45, 7) is 23.9. The van der Waals surface area contributed by atoms with Crippen molar-refractivity contribution in [2.75, 3.05) is 0 Å². The molecule has 0 aliphatic carbocycles. The molecule has 0 bridgehead atoms. The van der Waals surface area contributed by atoms with Gasteiger partial charge in [0.25, 0.3) is 0 Å². The minimum atomic E-state index is -1.48. The first-order valence-corrected chi connectivity index (χ1v) is 16.0. The molecule has 0 aromatic rings. The summed E-state index contributed by atoms with van der Waals surface area (Å²) >= 11 is 0.